The van der Waals surface area contributed by atoms with Crippen LogP contribution in [-0.2, 0) is 9.59 Å². The fourth-order valence-corrected chi connectivity index (χ4v) is 2.82. The van der Waals surface area contributed by atoms with E-state index in [-0.39, 0.29) is 24.4 Å². The van der Waals surface area contributed by atoms with Crippen molar-refractivity contribution >= 4 is 29.3 Å². The van der Waals surface area contributed by atoms with Crippen molar-refractivity contribution in [3.05, 3.63) is 18.2 Å². The summed E-state index contributed by atoms with van der Waals surface area (Å²) in [5.74, 6) is 0.144. The first-order valence-corrected chi connectivity index (χ1v) is 7.56. The molecular formula is C14H17NO5S. The zero-order valence-electron chi connectivity index (χ0n) is 11.8. The van der Waals surface area contributed by atoms with Gasteiger partial charge in [0.1, 0.15) is 5.25 Å². The van der Waals surface area contributed by atoms with Crippen molar-refractivity contribution in [2.75, 3.05) is 17.9 Å². The Morgan fingerprint density at radius 3 is 2.71 bits per heavy atom. The topological polar surface area (TPSA) is 84.9 Å². The molecule has 114 valence electrons. The zero-order chi connectivity index (χ0) is 15.4. The van der Waals surface area contributed by atoms with Crippen LogP contribution in [0.1, 0.15) is 13.8 Å². The van der Waals surface area contributed by atoms with E-state index in [4.69, 9.17) is 14.6 Å². The largest absolute Gasteiger partial charge is 0.480 e. The van der Waals surface area contributed by atoms with E-state index in [0.717, 1.165) is 11.8 Å². The molecule has 21 heavy (non-hydrogen) atoms. The van der Waals surface area contributed by atoms with Crippen molar-refractivity contribution in [1.82, 2.24) is 0 Å². The number of rotatable bonds is 6. The van der Waals surface area contributed by atoms with Gasteiger partial charge in [-0.3, -0.25) is 9.59 Å². The number of amides is 1. The first-order valence-electron chi connectivity index (χ1n) is 6.51. The fourth-order valence-electron chi connectivity index (χ4n) is 1.89. The molecule has 1 amide bonds. The number of carbonyl (C=O) groups excluding carboxylic acids is 1. The van der Waals surface area contributed by atoms with E-state index >= 15 is 0 Å². The third-order valence-corrected chi connectivity index (χ3v) is 4.43. The Kier molecular flexibility index (Phi) is 4.95. The highest BCUT2D eigenvalue weighted by Crippen LogP contribution is 2.34. The summed E-state index contributed by atoms with van der Waals surface area (Å²) in [6.07, 6.45) is 0. The summed E-state index contributed by atoms with van der Waals surface area (Å²) < 4.78 is 10.4. The van der Waals surface area contributed by atoms with Gasteiger partial charge in [0.25, 0.3) is 0 Å². The molecule has 2 N–H and O–H groups in total. The molecule has 1 aliphatic heterocycles. The Bertz CT molecular complexity index is 546. The van der Waals surface area contributed by atoms with Crippen molar-refractivity contribution in [2.24, 2.45) is 5.92 Å². The molecule has 0 spiro atoms. The molecular weight excluding hydrogens is 294 g/mol. The zero-order valence-corrected chi connectivity index (χ0v) is 12.6. The fraction of sp³-hybridized carbons (Fsp3) is 0.429. The first kappa shape index (κ1) is 15.5. The van der Waals surface area contributed by atoms with Gasteiger partial charge in [-0.1, -0.05) is 13.8 Å². The molecule has 0 saturated heterocycles. The molecule has 1 aromatic rings. The highest BCUT2D eigenvalue weighted by Gasteiger charge is 2.23. The number of benzene rings is 1. The highest BCUT2D eigenvalue weighted by atomic mass is 32.2. The Labute approximate surface area is 126 Å². The van der Waals surface area contributed by atoms with E-state index in [1.165, 1.54) is 0 Å². The lowest BCUT2D eigenvalue weighted by Gasteiger charge is -2.15. The Hall–Kier alpha value is -1.89. The molecule has 1 aromatic carbocycles. The van der Waals surface area contributed by atoms with Gasteiger partial charge < -0.3 is 19.9 Å². The van der Waals surface area contributed by atoms with E-state index in [1.54, 1.807) is 18.2 Å². The van der Waals surface area contributed by atoms with Crippen LogP contribution >= 0.6 is 11.8 Å². The predicted molar refractivity (Wildman–Crippen MR) is 79.9 cm³/mol. The number of carboxylic acids is 1. The molecule has 0 aliphatic carbocycles. The third-order valence-electron chi connectivity index (χ3n) is 2.90. The quantitative estimate of drug-likeness (QED) is 0.838. The predicted octanol–water partition coefficient (Wildman–Crippen LogP) is 2.20. The lowest BCUT2D eigenvalue weighted by atomic mass is 10.1. The number of thioether (sulfide) groups is 1. The number of ether oxygens (including phenoxy) is 2. The van der Waals surface area contributed by atoms with Gasteiger partial charge in [0.15, 0.2) is 11.5 Å². The van der Waals surface area contributed by atoms with Crippen molar-refractivity contribution in [3.63, 3.8) is 0 Å². The van der Waals surface area contributed by atoms with Crippen molar-refractivity contribution in [1.29, 1.82) is 0 Å². The maximum absolute atomic E-state index is 11.9. The SMILES string of the molecule is CC(C)C(SCC(=O)Nc1ccc2c(c1)OCO2)C(=O)O. The van der Waals surface area contributed by atoms with Crippen LogP contribution in [0.2, 0.25) is 0 Å². The molecule has 2 rings (SSSR count). The van der Waals surface area contributed by atoms with Crippen molar-refractivity contribution in [2.45, 2.75) is 19.1 Å². The van der Waals surface area contributed by atoms with E-state index in [0.29, 0.717) is 17.2 Å². The minimum atomic E-state index is -0.897. The molecule has 1 aliphatic rings. The number of nitrogens with one attached hydrogen (secondary N) is 1. The molecule has 6 nitrogen and oxygen atoms in total. The standard InChI is InChI=1S/C14H17NO5S/c1-8(2)13(14(17)18)21-6-12(16)15-9-3-4-10-11(5-9)20-7-19-10/h3-5,8,13H,6-7H2,1-2H3,(H,15,16)(H,17,18). The van der Waals surface area contributed by atoms with E-state index in [2.05, 4.69) is 5.32 Å². The Balaban J connectivity index is 1.88. The van der Waals surface area contributed by atoms with Gasteiger partial charge in [-0.05, 0) is 18.1 Å². The number of hydrogen-bond acceptors (Lipinski definition) is 5. The summed E-state index contributed by atoms with van der Waals surface area (Å²) in [5.41, 5.74) is 0.598. The second kappa shape index (κ2) is 6.71. The van der Waals surface area contributed by atoms with E-state index in [9.17, 15) is 9.59 Å². The minimum absolute atomic E-state index is 0.0363. The first-order chi connectivity index (χ1) is 9.97. The maximum atomic E-state index is 11.9. The molecule has 0 saturated carbocycles. The second-order valence-corrected chi connectivity index (χ2v) is 6.06. The molecule has 1 atom stereocenters. The van der Waals surface area contributed by atoms with Crippen LogP contribution in [0.4, 0.5) is 5.69 Å². The molecule has 1 unspecified atom stereocenters. The number of carbonyl (C=O) groups is 2. The minimum Gasteiger partial charge on any atom is -0.480 e. The lowest BCUT2D eigenvalue weighted by molar-refractivity contribution is -0.137. The normalized spacial score (nSPS) is 14.0. The monoisotopic (exact) mass is 311 g/mol. The van der Waals surface area contributed by atoms with Gasteiger partial charge in [0.2, 0.25) is 12.7 Å². The van der Waals surface area contributed by atoms with Gasteiger partial charge in [0.05, 0.1) is 5.75 Å². The van der Waals surface area contributed by atoms with Gasteiger partial charge >= 0.3 is 5.97 Å². The maximum Gasteiger partial charge on any atom is 0.316 e. The summed E-state index contributed by atoms with van der Waals surface area (Å²) in [4.78, 5) is 22.9. The van der Waals surface area contributed by atoms with Gasteiger partial charge in [0, 0.05) is 11.8 Å². The molecule has 0 radical (unpaired) electrons. The van der Waals surface area contributed by atoms with Gasteiger partial charge in [-0.25, -0.2) is 0 Å². The van der Waals surface area contributed by atoms with Crippen LogP contribution < -0.4 is 14.8 Å². The van der Waals surface area contributed by atoms with E-state index in [1.807, 2.05) is 13.8 Å². The van der Waals surface area contributed by atoms with Crippen LogP contribution in [-0.4, -0.2) is 34.8 Å². The Morgan fingerprint density at radius 1 is 1.33 bits per heavy atom. The van der Waals surface area contributed by atoms with Crippen LogP contribution in [0.5, 0.6) is 11.5 Å². The van der Waals surface area contributed by atoms with Crippen molar-refractivity contribution < 1.29 is 24.2 Å². The molecule has 0 fully saturated rings. The van der Waals surface area contributed by atoms with Gasteiger partial charge in [-0.2, -0.15) is 0 Å². The van der Waals surface area contributed by atoms with Crippen LogP contribution in [0.25, 0.3) is 0 Å². The summed E-state index contributed by atoms with van der Waals surface area (Å²) in [5, 5.41) is 11.2. The second-order valence-electron chi connectivity index (χ2n) is 4.93. The number of fused-ring (bicyclic) bond motifs is 1. The lowest BCUT2D eigenvalue weighted by Crippen LogP contribution is -2.25. The van der Waals surface area contributed by atoms with Gasteiger partial charge in [-0.15, -0.1) is 11.8 Å². The molecule has 0 bridgehead atoms. The summed E-state index contributed by atoms with van der Waals surface area (Å²) in [6, 6.07) is 5.12. The number of hydrogen-bond donors (Lipinski definition) is 2. The summed E-state index contributed by atoms with van der Waals surface area (Å²) >= 11 is 1.12. The van der Waals surface area contributed by atoms with E-state index < -0.39 is 11.2 Å². The summed E-state index contributed by atoms with van der Waals surface area (Å²) in [6.45, 7) is 3.82. The van der Waals surface area contributed by atoms with Crippen LogP contribution in [0, 0.1) is 5.92 Å². The number of anilines is 1. The van der Waals surface area contributed by atoms with Crippen molar-refractivity contribution in [3.8, 4) is 11.5 Å². The molecule has 1 heterocycles. The summed E-state index contributed by atoms with van der Waals surface area (Å²) in [7, 11) is 0. The average molecular weight is 311 g/mol. The van der Waals surface area contributed by atoms with Crippen LogP contribution in [0.15, 0.2) is 18.2 Å². The third kappa shape index (κ3) is 4.04. The Morgan fingerprint density at radius 2 is 2.05 bits per heavy atom. The average Bonchev–Trinajstić information content (AvgIpc) is 2.85. The highest BCUT2D eigenvalue weighted by molar-refractivity contribution is 8.01. The number of aliphatic carboxylic acids is 1. The molecule has 7 heteroatoms. The smallest absolute Gasteiger partial charge is 0.316 e. The molecule has 0 aromatic heterocycles. The van der Waals surface area contributed by atoms with Crippen LogP contribution in [0.3, 0.4) is 0 Å². The number of carboxylic acid groups (broad SMARTS) is 1.